The molecule has 0 saturated heterocycles. The standard InChI is InChI=1S/C22H20O8/c1-10(8-23)16-5-12-15(29-16)4-3-11-20(12)30-19-9-28-17-7-14(24)18(27-2)6-13(17)22(19,26)21(11)25/h3-4,6-7,16,19,23-24,26H,1,5,8-9H2,2H3. The maximum atomic E-state index is 13.5. The summed E-state index contributed by atoms with van der Waals surface area (Å²) < 4.78 is 22.7. The van der Waals surface area contributed by atoms with Crippen molar-refractivity contribution in [3.05, 3.63) is 53.1 Å². The van der Waals surface area contributed by atoms with Crippen molar-refractivity contribution in [3.8, 4) is 28.7 Å². The quantitative estimate of drug-likeness (QED) is 0.650. The lowest BCUT2D eigenvalue weighted by Crippen LogP contribution is -2.57. The van der Waals surface area contributed by atoms with Crippen LogP contribution in [-0.4, -0.2) is 53.6 Å². The third-order valence-corrected chi connectivity index (χ3v) is 5.93. The van der Waals surface area contributed by atoms with Gasteiger partial charge in [-0.3, -0.25) is 4.79 Å². The van der Waals surface area contributed by atoms with E-state index in [1.165, 1.54) is 19.2 Å². The van der Waals surface area contributed by atoms with Crippen molar-refractivity contribution in [1.29, 1.82) is 0 Å². The number of fused-ring (bicyclic) bond motifs is 6. The molecule has 5 rings (SSSR count). The molecule has 0 fully saturated rings. The highest BCUT2D eigenvalue weighted by Crippen LogP contribution is 2.51. The molecule has 3 N–H and O–H groups in total. The second-order valence-corrected chi connectivity index (χ2v) is 7.58. The first-order chi connectivity index (χ1) is 14.4. The summed E-state index contributed by atoms with van der Waals surface area (Å²) in [7, 11) is 1.38. The van der Waals surface area contributed by atoms with E-state index in [0.29, 0.717) is 29.1 Å². The highest BCUT2D eigenvalue weighted by atomic mass is 16.6. The number of Topliss-reactive ketones (excluding diaryl/α,β-unsaturated/α-hetero) is 1. The Morgan fingerprint density at radius 2 is 2.10 bits per heavy atom. The molecular formula is C22H20O8. The number of hydrogen-bond acceptors (Lipinski definition) is 8. The molecule has 0 saturated carbocycles. The van der Waals surface area contributed by atoms with Gasteiger partial charge in [-0.2, -0.15) is 0 Å². The lowest BCUT2D eigenvalue weighted by molar-refractivity contribution is -0.0802. The van der Waals surface area contributed by atoms with Gasteiger partial charge in [0.05, 0.1) is 19.3 Å². The molecule has 3 aliphatic heterocycles. The van der Waals surface area contributed by atoms with Crippen molar-refractivity contribution in [2.75, 3.05) is 20.3 Å². The number of aliphatic hydroxyl groups excluding tert-OH is 1. The minimum absolute atomic E-state index is 0.0856. The Morgan fingerprint density at radius 3 is 2.83 bits per heavy atom. The van der Waals surface area contributed by atoms with Crippen molar-refractivity contribution >= 4 is 5.78 Å². The molecule has 0 aromatic heterocycles. The first kappa shape index (κ1) is 18.8. The molecule has 0 spiro atoms. The van der Waals surface area contributed by atoms with Gasteiger partial charge < -0.3 is 34.3 Å². The molecule has 8 nitrogen and oxygen atoms in total. The Balaban J connectivity index is 1.61. The number of hydrogen-bond donors (Lipinski definition) is 3. The van der Waals surface area contributed by atoms with Crippen LogP contribution in [0.5, 0.6) is 28.7 Å². The number of benzene rings is 2. The maximum Gasteiger partial charge on any atom is 0.206 e. The predicted molar refractivity (Wildman–Crippen MR) is 104 cm³/mol. The van der Waals surface area contributed by atoms with E-state index in [0.717, 1.165) is 0 Å². The smallest absolute Gasteiger partial charge is 0.206 e. The minimum atomic E-state index is -2.00. The van der Waals surface area contributed by atoms with E-state index in [-0.39, 0.29) is 41.6 Å². The van der Waals surface area contributed by atoms with Crippen molar-refractivity contribution in [1.82, 2.24) is 0 Å². The van der Waals surface area contributed by atoms with Crippen LogP contribution in [0.1, 0.15) is 21.5 Å². The zero-order valence-corrected chi connectivity index (χ0v) is 16.2. The van der Waals surface area contributed by atoms with Crippen molar-refractivity contribution < 1.29 is 39.1 Å². The molecule has 3 atom stereocenters. The van der Waals surface area contributed by atoms with Crippen molar-refractivity contribution in [3.63, 3.8) is 0 Å². The van der Waals surface area contributed by atoms with Gasteiger partial charge in [0.2, 0.25) is 5.78 Å². The highest BCUT2D eigenvalue weighted by molar-refractivity contribution is 6.07. The molecule has 3 aliphatic rings. The van der Waals surface area contributed by atoms with Gasteiger partial charge in [0, 0.05) is 23.6 Å². The third kappa shape index (κ3) is 2.37. The molecule has 2 aromatic rings. The van der Waals surface area contributed by atoms with Crippen LogP contribution in [0.4, 0.5) is 0 Å². The molecule has 0 bridgehead atoms. The average molecular weight is 412 g/mol. The number of phenolic OH excluding ortho intramolecular Hbond substituents is 1. The fourth-order valence-electron chi connectivity index (χ4n) is 4.26. The second-order valence-electron chi connectivity index (χ2n) is 7.58. The van der Waals surface area contributed by atoms with E-state index in [1.807, 2.05) is 0 Å². The summed E-state index contributed by atoms with van der Waals surface area (Å²) in [5.74, 6) is 0.508. The van der Waals surface area contributed by atoms with Gasteiger partial charge in [0.1, 0.15) is 30.0 Å². The van der Waals surface area contributed by atoms with E-state index >= 15 is 0 Å². The van der Waals surface area contributed by atoms with E-state index in [4.69, 9.17) is 18.9 Å². The molecule has 3 unspecified atom stereocenters. The molecule has 0 radical (unpaired) electrons. The topological polar surface area (TPSA) is 115 Å². The summed E-state index contributed by atoms with van der Waals surface area (Å²) in [6.45, 7) is 3.52. The van der Waals surface area contributed by atoms with Gasteiger partial charge >= 0.3 is 0 Å². The summed E-state index contributed by atoms with van der Waals surface area (Å²) in [6, 6.07) is 5.91. The molecule has 8 heteroatoms. The van der Waals surface area contributed by atoms with Crippen LogP contribution in [0, 0.1) is 0 Å². The average Bonchev–Trinajstić information content (AvgIpc) is 3.19. The van der Waals surface area contributed by atoms with Crippen LogP contribution in [-0.2, 0) is 12.0 Å². The third-order valence-electron chi connectivity index (χ3n) is 5.93. The SMILES string of the molecule is C=C(CO)C1Cc2c(ccc3c2OC2COc4cc(O)c(OC)cc4C2(O)C3=O)O1. The Labute approximate surface area is 171 Å². The number of methoxy groups -OCH3 is 1. The number of rotatable bonds is 3. The summed E-state index contributed by atoms with van der Waals surface area (Å²) in [5, 5.41) is 30.9. The molecule has 3 heterocycles. The maximum absolute atomic E-state index is 13.5. The number of aliphatic hydroxyl groups is 2. The monoisotopic (exact) mass is 412 g/mol. The van der Waals surface area contributed by atoms with Gasteiger partial charge in [-0.1, -0.05) is 6.58 Å². The van der Waals surface area contributed by atoms with E-state index in [1.54, 1.807) is 12.1 Å². The Bertz CT molecular complexity index is 1090. The highest BCUT2D eigenvalue weighted by Gasteiger charge is 2.56. The van der Waals surface area contributed by atoms with Crippen LogP contribution in [0.2, 0.25) is 0 Å². The molecular weight excluding hydrogens is 392 g/mol. The number of carbonyl (C=O) groups is 1. The number of ether oxygens (including phenoxy) is 4. The minimum Gasteiger partial charge on any atom is -0.504 e. The molecule has 0 amide bonds. The fourth-order valence-corrected chi connectivity index (χ4v) is 4.26. The number of ketones is 1. The largest absolute Gasteiger partial charge is 0.504 e. The van der Waals surface area contributed by atoms with Crippen LogP contribution < -0.4 is 18.9 Å². The molecule has 156 valence electrons. The van der Waals surface area contributed by atoms with Crippen LogP contribution >= 0.6 is 0 Å². The normalized spacial score (nSPS) is 25.6. The van der Waals surface area contributed by atoms with Crippen molar-refractivity contribution in [2.24, 2.45) is 0 Å². The number of carbonyl (C=O) groups excluding carboxylic acids is 1. The number of phenols is 1. The van der Waals surface area contributed by atoms with Crippen molar-refractivity contribution in [2.45, 2.75) is 24.2 Å². The van der Waals surface area contributed by atoms with Gasteiger partial charge in [0.25, 0.3) is 0 Å². The summed E-state index contributed by atoms with van der Waals surface area (Å²) in [5.41, 5.74) is -0.376. The molecule has 0 aliphatic carbocycles. The summed E-state index contributed by atoms with van der Waals surface area (Å²) >= 11 is 0. The summed E-state index contributed by atoms with van der Waals surface area (Å²) in [6.07, 6.45) is -1.01. The first-order valence-corrected chi connectivity index (χ1v) is 9.47. The molecule has 2 aromatic carbocycles. The van der Waals surface area contributed by atoms with E-state index < -0.39 is 23.6 Å². The zero-order chi connectivity index (χ0) is 21.2. The van der Waals surface area contributed by atoms with Gasteiger partial charge in [-0.15, -0.1) is 0 Å². The molecule has 30 heavy (non-hydrogen) atoms. The van der Waals surface area contributed by atoms with E-state index in [9.17, 15) is 20.1 Å². The lowest BCUT2D eigenvalue weighted by Gasteiger charge is -2.43. The number of aromatic hydroxyl groups is 1. The van der Waals surface area contributed by atoms with Crippen LogP contribution in [0.3, 0.4) is 0 Å². The summed E-state index contributed by atoms with van der Waals surface area (Å²) in [4.78, 5) is 13.5. The zero-order valence-electron chi connectivity index (χ0n) is 16.2. The Kier molecular flexibility index (Phi) is 4.00. The lowest BCUT2D eigenvalue weighted by atomic mass is 9.77. The van der Waals surface area contributed by atoms with Crippen LogP contribution in [0.25, 0.3) is 0 Å². The first-order valence-electron chi connectivity index (χ1n) is 9.47. The Hall–Kier alpha value is -3.23. The van der Waals surface area contributed by atoms with Crippen LogP contribution in [0.15, 0.2) is 36.4 Å². The predicted octanol–water partition coefficient (Wildman–Crippen LogP) is 1.48. The van der Waals surface area contributed by atoms with Gasteiger partial charge in [-0.05, 0) is 23.8 Å². The second kappa shape index (κ2) is 6.38. The fraction of sp³-hybridized carbons (Fsp3) is 0.318. The van der Waals surface area contributed by atoms with Gasteiger partial charge in [0.15, 0.2) is 23.2 Å². The van der Waals surface area contributed by atoms with E-state index in [2.05, 4.69) is 6.58 Å². The Morgan fingerprint density at radius 1 is 1.30 bits per heavy atom. The van der Waals surface area contributed by atoms with Gasteiger partial charge in [-0.25, -0.2) is 0 Å².